The Morgan fingerprint density at radius 2 is 1.62 bits per heavy atom. The molecule has 7 rings (SSSR count). The predicted molar refractivity (Wildman–Crippen MR) is 210 cm³/mol. The van der Waals surface area contributed by atoms with E-state index in [0.717, 1.165) is 97.5 Å². The molecule has 11 heteroatoms. The van der Waals surface area contributed by atoms with Crippen LogP contribution >= 0.6 is 23.2 Å². The lowest BCUT2D eigenvalue weighted by atomic mass is 9.90. The number of nitrogens with one attached hydrogen (secondary N) is 2. The maximum absolute atomic E-state index is 11.8. The number of rotatable bonds is 11. The molecule has 4 heterocycles. The Labute approximate surface area is 322 Å². The van der Waals surface area contributed by atoms with Gasteiger partial charge >= 0.3 is 0 Å². The van der Waals surface area contributed by atoms with Crippen molar-refractivity contribution < 1.29 is 19.1 Å². The molecule has 1 atom stereocenters. The number of carbonyl (C=O) groups is 2. The molecule has 2 saturated heterocycles. The molecule has 3 aliphatic heterocycles. The monoisotopic (exact) mass is 755 g/mol. The van der Waals surface area contributed by atoms with Gasteiger partial charge in [-0.1, -0.05) is 71.7 Å². The van der Waals surface area contributed by atoms with Crippen molar-refractivity contribution in [2.45, 2.75) is 58.2 Å². The summed E-state index contributed by atoms with van der Waals surface area (Å²) in [6.45, 7) is 7.49. The molecule has 0 bridgehead atoms. The standard InChI is InChI=1S/C42H47Cl2N5O4/c1-26(50)49-18-14-27(15-19-49)24-48-17-16-28-20-30(21-38(52-2)36(28)25-48)32-6-4-7-33(40(32)43)34-8-5-9-35(41(34)44)37-12-10-29(42(47-37)53-3)22-45-23-31-11-13-39(51)46-31/h4-10,12,20-21,27,31,45H,11,13-19,22-25H2,1-3H3,(H,46,51)/t31-/m0/s1. The van der Waals surface area contributed by atoms with E-state index < -0.39 is 0 Å². The lowest BCUT2D eigenvalue weighted by Gasteiger charge is -2.36. The van der Waals surface area contributed by atoms with Crippen LogP contribution in [0, 0.1) is 5.92 Å². The maximum Gasteiger partial charge on any atom is 0.220 e. The van der Waals surface area contributed by atoms with Gasteiger partial charge in [-0.2, -0.15) is 0 Å². The van der Waals surface area contributed by atoms with Crippen LogP contribution in [0.15, 0.2) is 60.7 Å². The number of ether oxygens (including phenoxy) is 2. The summed E-state index contributed by atoms with van der Waals surface area (Å²) in [6.07, 6.45) is 4.46. The highest BCUT2D eigenvalue weighted by Gasteiger charge is 2.27. The van der Waals surface area contributed by atoms with Crippen LogP contribution in [0.1, 0.15) is 49.3 Å². The number of benzene rings is 3. The van der Waals surface area contributed by atoms with Crippen LogP contribution in [-0.2, 0) is 29.1 Å². The molecular weight excluding hydrogens is 709 g/mol. The number of methoxy groups -OCH3 is 2. The van der Waals surface area contributed by atoms with Crippen LogP contribution in [0.4, 0.5) is 0 Å². The maximum atomic E-state index is 11.8. The van der Waals surface area contributed by atoms with E-state index in [1.165, 1.54) is 11.1 Å². The molecule has 3 aromatic carbocycles. The number of amides is 2. The Morgan fingerprint density at radius 3 is 2.30 bits per heavy atom. The summed E-state index contributed by atoms with van der Waals surface area (Å²) < 4.78 is 11.7. The Kier molecular flexibility index (Phi) is 11.6. The zero-order valence-electron chi connectivity index (χ0n) is 30.6. The van der Waals surface area contributed by atoms with Gasteiger partial charge in [-0.05, 0) is 54.9 Å². The number of likely N-dealkylation sites (tertiary alicyclic amines) is 1. The quantitative estimate of drug-likeness (QED) is 0.165. The van der Waals surface area contributed by atoms with Gasteiger partial charge in [0.1, 0.15) is 5.75 Å². The molecule has 0 radical (unpaired) electrons. The van der Waals surface area contributed by atoms with Crippen molar-refractivity contribution in [2.75, 3.05) is 46.9 Å². The molecule has 53 heavy (non-hydrogen) atoms. The molecule has 1 aromatic heterocycles. The predicted octanol–water partition coefficient (Wildman–Crippen LogP) is 7.39. The molecule has 4 aromatic rings. The van der Waals surface area contributed by atoms with Crippen LogP contribution in [-0.4, -0.2) is 79.6 Å². The summed E-state index contributed by atoms with van der Waals surface area (Å²) in [6, 6.07) is 20.5. The highest BCUT2D eigenvalue weighted by atomic mass is 35.5. The number of fused-ring (bicyclic) bond motifs is 1. The smallest absolute Gasteiger partial charge is 0.220 e. The molecule has 278 valence electrons. The molecule has 2 fully saturated rings. The minimum atomic E-state index is 0.106. The van der Waals surface area contributed by atoms with Gasteiger partial charge in [0.25, 0.3) is 0 Å². The highest BCUT2D eigenvalue weighted by Crippen LogP contribution is 2.44. The van der Waals surface area contributed by atoms with Gasteiger partial charge in [-0.15, -0.1) is 0 Å². The van der Waals surface area contributed by atoms with E-state index in [9.17, 15) is 9.59 Å². The highest BCUT2D eigenvalue weighted by molar-refractivity contribution is 6.39. The van der Waals surface area contributed by atoms with Gasteiger partial charge in [-0.25, -0.2) is 4.98 Å². The van der Waals surface area contributed by atoms with E-state index in [1.54, 1.807) is 21.1 Å². The first-order valence-corrected chi connectivity index (χ1v) is 19.3. The summed E-state index contributed by atoms with van der Waals surface area (Å²) in [7, 11) is 3.35. The van der Waals surface area contributed by atoms with E-state index in [2.05, 4.69) is 27.7 Å². The van der Waals surface area contributed by atoms with Crippen molar-refractivity contribution in [1.29, 1.82) is 0 Å². The van der Waals surface area contributed by atoms with Crippen molar-refractivity contribution in [3.05, 3.63) is 87.4 Å². The van der Waals surface area contributed by atoms with E-state index >= 15 is 0 Å². The second-order valence-corrected chi connectivity index (χ2v) is 15.1. The lowest BCUT2D eigenvalue weighted by Crippen LogP contribution is -2.41. The average Bonchev–Trinajstić information content (AvgIpc) is 3.59. The average molecular weight is 757 g/mol. The molecule has 0 spiro atoms. The Morgan fingerprint density at radius 1 is 0.906 bits per heavy atom. The number of aromatic nitrogens is 1. The number of hydrogen-bond donors (Lipinski definition) is 2. The van der Waals surface area contributed by atoms with Crippen molar-refractivity contribution in [1.82, 2.24) is 25.4 Å². The molecule has 2 amide bonds. The zero-order valence-corrected chi connectivity index (χ0v) is 32.2. The molecule has 9 nitrogen and oxygen atoms in total. The Bertz CT molecular complexity index is 1980. The number of carbonyl (C=O) groups excluding carboxylic acids is 2. The first-order chi connectivity index (χ1) is 25.7. The molecule has 0 aliphatic carbocycles. The second kappa shape index (κ2) is 16.5. The van der Waals surface area contributed by atoms with Crippen molar-refractivity contribution in [3.8, 4) is 45.1 Å². The number of nitrogens with zero attached hydrogens (tertiary/aromatic N) is 3. The van der Waals surface area contributed by atoms with Crippen molar-refractivity contribution in [2.24, 2.45) is 5.92 Å². The Hall–Kier alpha value is -4.15. The van der Waals surface area contributed by atoms with E-state index in [1.807, 2.05) is 53.4 Å². The summed E-state index contributed by atoms with van der Waals surface area (Å²) >= 11 is 14.4. The van der Waals surface area contributed by atoms with Gasteiger partial charge in [0.05, 0.1) is 30.0 Å². The first-order valence-electron chi connectivity index (χ1n) is 18.5. The minimum Gasteiger partial charge on any atom is -0.496 e. The summed E-state index contributed by atoms with van der Waals surface area (Å²) in [5.41, 5.74) is 8.49. The third-order valence-corrected chi connectivity index (χ3v) is 11.8. The fourth-order valence-electron chi connectivity index (χ4n) is 8.02. The van der Waals surface area contributed by atoms with Crippen LogP contribution in [0.3, 0.4) is 0 Å². The van der Waals surface area contributed by atoms with Gasteiger partial charge in [-0.3, -0.25) is 14.5 Å². The van der Waals surface area contributed by atoms with Crippen LogP contribution in [0.5, 0.6) is 11.6 Å². The largest absolute Gasteiger partial charge is 0.496 e. The van der Waals surface area contributed by atoms with Crippen LogP contribution < -0.4 is 20.1 Å². The van der Waals surface area contributed by atoms with Crippen molar-refractivity contribution in [3.63, 3.8) is 0 Å². The van der Waals surface area contributed by atoms with Crippen LogP contribution in [0.2, 0.25) is 10.0 Å². The third-order valence-electron chi connectivity index (χ3n) is 11.0. The van der Waals surface area contributed by atoms with Gasteiger partial charge < -0.3 is 25.0 Å². The summed E-state index contributed by atoms with van der Waals surface area (Å²) in [5, 5.41) is 7.57. The van der Waals surface area contributed by atoms with Gasteiger partial charge in [0.15, 0.2) is 0 Å². The summed E-state index contributed by atoms with van der Waals surface area (Å²) in [5.74, 6) is 2.28. The van der Waals surface area contributed by atoms with Crippen LogP contribution in [0.25, 0.3) is 33.5 Å². The van der Waals surface area contributed by atoms with Crippen molar-refractivity contribution >= 4 is 35.0 Å². The number of hydrogen-bond acceptors (Lipinski definition) is 7. The first kappa shape index (κ1) is 37.2. The normalized spacial score (nSPS) is 17.8. The van der Waals surface area contributed by atoms with E-state index in [0.29, 0.717) is 47.0 Å². The molecular formula is C42H47Cl2N5O4. The fraction of sp³-hybridized carbons (Fsp3) is 0.405. The van der Waals surface area contributed by atoms with Gasteiger partial charge in [0.2, 0.25) is 17.7 Å². The molecule has 2 N–H and O–H groups in total. The minimum absolute atomic E-state index is 0.106. The second-order valence-electron chi connectivity index (χ2n) is 14.4. The number of halogens is 2. The topological polar surface area (TPSA) is 96.0 Å². The number of piperidine rings is 1. The van der Waals surface area contributed by atoms with E-state index in [4.69, 9.17) is 37.7 Å². The fourth-order valence-corrected chi connectivity index (χ4v) is 8.68. The lowest BCUT2D eigenvalue weighted by molar-refractivity contribution is -0.130. The number of pyridine rings is 1. The molecule has 3 aliphatic rings. The third kappa shape index (κ3) is 8.19. The Balaban J connectivity index is 1.09. The SMILES string of the molecule is COc1cc(-c2cccc(-c3cccc(-c4ccc(CNC[C@@H]5CCC(=O)N5)c(OC)n4)c3Cl)c2Cl)cc2c1CN(CC1CCN(C(C)=O)CC1)CC2. The molecule has 0 unspecified atom stereocenters. The summed E-state index contributed by atoms with van der Waals surface area (Å²) in [4.78, 5) is 32.7. The van der Waals surface area contributed by atoms with E-state index in [-0.39, 0.29) is 17.9 Å². The molecule has 0 saturated carbocycles. The van der Waals surface area contributed by atoms with Gasteiger partial charge in [0, 0.05) is 98.6 Å². The zero-order chi connectivity index (χ0) is 37.1.